The second kappa shape index (κ2) is 9.12. The van der Waals surface area contributed by atoms with Crippen LogP contribution in [0.15, 0.2) is 0 Å². The zero-order valence-electron chi connectivity index (χ0n) is 4.95. The van der Waals surface area contributed by atoms with Gasteiger partial charge in [0.15, 0.2) is 0 Å². The third kappa shape index (κ3) is 186. The Morgan fingerprint density at radius 2 is 1.00 bits per heavy atom. The average Bonchev–Trinajstić information content (AvgIpc) is 0.811. The molecule has 0 unspecified atom stereocenters. The van der Waals surface area contributed by atoms with Gasteiger partial charge >= 0.3 is 18.9 Å². The number of rotatable bonds is 0. The molecule has 1 radical (unpaired) electrons. The van der Waals surface area contributed by atoms with Gasteiger partial charge < -0.3 is 5.48 Å². The molecule has 1 N–H and O–H groups in total. The van der Waals surface area contributed by atoms with Gasteiger partial charge in [0.05, 0.1) is 0 Å². The first-order valence-electron chi connectivity index (χ1n) is 1.50. The summed E-state index contributed by atoms with van der Waals surface area (Å²) in [5, 5.41) is 0. The van der Waals surface area contributed by atoms with Crippen molar-refractivity contribution in [3.8, 4) is 0 Å². The van der Waals surface area contributed by atoms with Gasteiger partial charge in [0, 0.05) is 0 Å². The average molecular weight is 81.1 g/mol. The van der Waals surface area contributed by atoms with E-state index in [1.54, 1.807) is 0 Å². The van der Waals surface area contributed by atoms with Crippen LogP contribution in [0.5, 0.6) is 0 Å². The SMILES string of the molecule is C[C](C)C.[Li+].[OH-]. The normalized spacial score (nSPS) is 6.00. The second-order valence-electron chi connectivity index (χ2n) is 1.50. The van der Waals surface area contributed by atoms with Crippen LogP contribution >= 0.6 is 0 Å². The van der Waals surface area contributed by atoms with E-state index in [1.165, 1.54) is 5.92 Å². The fourth-order valence-electron chi connectivity index (χ4n) is 0. The summed E-state index contributed by atoms with van der Waals surface area (Å²) in [6.07, 6.45) is 0. The first kappa shape index (κ1) is 16.0. The molecule has 0 aliphatic heterocycles. The Hall–Kier alpha value is 0.557. The van der Waals surface area contributed by atoms with Gasteiger partial charge in [-0.15, -0.1) is 0 Å². The molecule has 0 atom stereocenters. The molecule has 0 aromatic carbocycles. The van der Waals surface area contributed by atoms with Gasteiger partial charge in [-0.05, 0) is 5.92 Å². The van der Waals surface area contributed by atoms with E-state index in [0.717, 1.165) is 0 Å². The first-order chi connectivity index (χ1) is 1.73. The summed E-state index contributed by atoms with van der Waals surface area (Å²) >= 11 is 0. The summed E-state index contributed by atoms with van der Waals surface area (Å²) in [4.78, 5) is 0. The van der Waals surface area contributed by atoms with Crippen LogP contribution in [-0.2, 0) is 0 Å². The van der Waals surface area contributed by atoms with Crippen LogP contribution in [-0.4, -0.2) is 5.48 Å². The van der Waals surface area contributed by atoms with Gasteiger partial charge in [-0.25, -0.2) is 0 Å². The third-order valence-electron chi connectivity index (χ3n) is 0. The maximum Gasteiger partial charge on any atom is 1.00 e. The molecule has 6 heavy (non-hydrogen) atoms. The van der Waals surface area contributed by atoms with Crippen molar-refractivity contribution in [1.29, 1.82) is 0 Å². The monoisotopic (exact) mass is 81.1 g/mol. The van der Waals surface area contributed by atoms with Gasteiger partial charge in [-0.2, -0.15) is 0 Å². The topological polar surface area (TPSA) is 30.0 Å². The molecule has 0 bridgehead atoms. The second-order valence-corrected chi connectivity index (χ2v) is 1.50. The molecule has 0 heterocycles. The number of hydrogen-bond acceptors (Lipinski definition) is 1. The predicted octanol–water partition coefficient (Wildman–Crippen LogP) is -1.55. The van der Waals surface area contributed by atoms with Crippen LogP contribution < -0.4 is 18.9 Å². The molecule has 0 aliphatic carbocycles. The van der Waals surface area contributed by atoms with E-state index in [0.29, 0.717) is 0 Å². The Balaban J connectivity index is -0.0000000450. The zero-order chi connectivity index (χ0) is 3.58. The minimum Gasteiger partial charge on any atom is -0.870 e. The maximum atomic E-state index is 2.08. The van der Waals surface area contributed by atoms with Crippen molar-refractivity contribution in [2.45, 2.75) is 20.8 Å². The van der Waals surface area contributed by atoms with E-state index in [1.807, 2.05) is 0 Å². The van der Waals surface area contributed by atoms with Crippen LogP contribution in [0, 0.1) is 5.92 Å². The van der Waals surface area contributed by atoms with Crippen molar-refractivity contribution < 1.29 is 24.3 Å². The van der Waals surface area contributed by atoms with Crippen molar-refractivity contribution in [2.24, 2.45) is 0 Å². The standard InChI is InChI=1S/C4H9.Li.H2O/c1-4(2)3;;/h1-3H3;;1H2/q;+1;/p-1. The van der Waals surface area contributed by atoms with E-state index in [2.05, 4.69) is 20.8 Å². The Labute approximate surface area is 51.6 Å². The van der Waals surface area contributed by atoms with E-state index in [9.17, 15) is 0 Å². The molecular formula is C4H10LiO. The molecule has 0 aromatic rings. The minimum absolute atomic E-state index is 0. The molecule has 0 aliphatic rings. The van der Waals surface area contributed by atoms with Crippen molar-refractivity contribution >= 4 is 0 Å². The summed E-state index contributed by atoms with van der Waals surface area (Å²) in [5.74, 6) is 1.42. The fraction of sp³-hybridized carbons (Fsp3) is 0.750. The van der Waals surface area contributed by atoms with Crippen molar-refractivity contribution in [1.82, 2.24) is 0 Å². The maximum absolute atomic E-state index is 2.08. The Bertz CT molecular complexity index is 12.3. The van der Waals surface area contributed by atoms with Crippen LogP contribution in [0.2, 0.25) is 0 Å². The summed E-state index contributed by atoms with van der Waals surface area (Å²) in [5.41, 5.74) is 0. The van der Waals surface area contributed by atoms with Crippen LogP contribution in [0.3, 0.4) is 0 Å². The van der Waals surface area contributed by atoms with E-state index in [4.69, 9.17) is 0 Å². The number of hydrogen-bond donors (Lipinski definition) is 0. The molecule has 33 valence electrons. The Kier molecular flexibility index (Phi) is 24.3. The smallest absolute Gasteiger partial charge is 0.870 e. The van der Waals surface area contributed by atoms with E-state index < -0.39 is 0 Å². The van der Waals surface area contributed by atoms with Gasteiger partial charge in [-0.1, -0.05) is 20.8 Å². The van der Waals surface area contributed by atoms with Gasteiger partial charge in [0.2, 0.25) is 0 Å². The van der Waals surface area contributed by atoms with Crippen LogP contribution in [0.1, 0.15) is 20.8 Å². The Morgan fingerprint density at radius 1 is 1.00 bits per heavy atom. The van der Waals surface area contributed by atoms with Crippen LogP contribution in [0.4, 0.5) is 0 Å². The molecule has 2 heteroatoms. The van der Waals surface area contributed by atoms with Crippen molar-refractivity contribution in [2.75, 3.05) is 0 Å². The predicted molar refractivity (Wildman–Crippen MR) is 22.2 cm³/mol. The third-order valence-corrected chi connectivity index (χ3v) is 0. The van der Waals surface area contributed by atoms with Crippen LogP contribution in [0.25, 0.3) is 0 Å². The summed E-state index contributed by atoms with van der Waals surface area (Å²) in [7, 11) is 0. The van der Waals surface area contributed by atoms with E-state index >= 15 is 0 Å². The molecule has 0 amide bonds. The zero-order valence-corrected chi connectivity index (χ0v) is 4.95. The molecule has 0 aromatic heterocycles. The molecule has 0 saturated heterocycles. The van der Waals surface area contributed by atoms with Crippen molar-refractivity contribution in [3.05, 3.63) is 5.92 Å². The summed E-state index contributed by atoms with van der Waals surface area (Å²) < 4.78 is 0. The fourth-order valence-corrected chi connectivity index (χ4v) is 0. The molecule has 1 nitrogen and oxygen atoms in total. The van der Waals surface area contributed by atoms with Gasteiger partial charge in [0.25, 0.3) is 0 Å². The van der Waals surface area contributed by atoms with Gasteiger partial charge in [-0.3, -0.25) is 0 Å². The molecular weight excluding hydrogens is 71.0 g/mol. The molecule has 0 saturated carbocycles. The quantitative estimate of drug-likeness (QED) is 0.324. The molecule has 0 fully saturated rings. The minimum atomic E-state index is 0. The largest absolute Gasteiger partial charge is 1.00 e. The van der Waals surface area contributed by atoms with Gasteiger partial charge in [0.1, 0.15) is 0 Å². The van der Waals surface area contributed by atoms with Crippen molar-refractivity contribution in [3.63, 3.8) is 0 Å². The summed E-state index contributed by atoms with van der Waals surface area (Å²) in [6, 6.07) is 0. The van der Waals surface area contributed by atoms with E-state index in [-0.39, 0.29) is 24.3 Å². The first-order valence-corrected chi connectivity index (χ1v) is 1.50. The Morgan fingerprint density at radius 3 is 1.00 bits per heavy atom. The molecule has 0 spiro atoms. The summed E-state index contributed by atoms with van der Waals surface area (Å²) in [6.45, 7) is 6.25. The molecule has 0 rings (SSSR count).